The summed E-state index contributed by atoms with van der Waals surface area (Å²) in [5.74, 6) is -2.52. The standard InChI is InChI=1S/C10H20F2N2O2/c11-10(12)7-9(14-8-10)3-5-13-4-1-2-6-16-15/h9,13-15H,1-8H2. The van der Waals surface area contributed by atoms with E-state index < -0.39 is 5.92 Å². The third kappa shape index (κ3) is 5.69. The summed E-state index contributed by atoms with van der Waals surface area (Å²) in [5, 5.41) is 14.1. The Bertz CT molecular complexity index is 194. The number of alkyl halides is 2. The summed E-state index contributed by atoms with van der Waals surface area (Å²) in [5.41, 5.74) is 0. The Morgan fingerprint density at radius 3 is 2.81 bits per heavy atom. The Kier molecular flexibility index (Phi) is 6.12. The molecule has 0 saturated carbocycles. The van der Waals surface area contributed by atoms with Crippen LogP contribution in [0.25, 0.3) is 0 Å². The molecule has 0 aromatic rings. The van der Waals surface area contributed by atoms with E-state index in [1.54, 1.807) is 0 Å². The summed E-state index contributed by atoms with van der Waals surface area (Å²) < 4.78 is 25.6. The van der Waals surface area contributed by atoms with Gasteiger partial charge in [0.2, 0.25) is 0 Å². The largest absolute Gasteiger partial charge is 0.317 e. The van der Waals surface area contributed by atoms with Crippen molar-refractivity contribution in [2.24, 2.45) is 0 Å². The molecule has 1 fully saturated rings. The average Bonchev–Trinajstić information content (AvgIpc) is 2.57. The van der Waals surface area contributed by atoms with Crippen molar-refractivity contribution in [1.29, 1.82) is 0 Å². The van der Waals surface area contributed by atoms with Gasteiger partial charge in [-0.25, -0.2) is 13.7 Å². The molecule has 0 aromatic carbocycles. The number of nitrogens with one attached hydrogen (secondary N) is 2. The van der Waals surface area contributed by atoms with Crippen LogP contribution in [0.4, 0.5) is 8.78 Å². The fraction of sp³-hybridized carbons (Fsp3) is 1.00. The summed E-state index contributed by atoms with van der Waals surface area (Å²) in [6.07, 6.45) is 2.39. The fourth-order valence-corrected chi connectivity index (χ4v) is 1.82. The molecule has 16 heavy (non-hydrogen) atoms. The minimum atomic E-state index is -2.52. The van der Waals surface area contributed by atoms with Gasteiger partial charge in [0.05, 0.1) is 13.2 Å². The van der Waals surface area contributed by atoms with Crippen molar-refractivity contribution in [1.82, 2.24) is 10.6 Å². The molecule has 0 spiro atoms. The van der Waals surface area contributed by atoms with E-state index in [0.29, 0.717) is 6.61 Å². The van der Waals surface area contributed by atoms with Crippen LogP contribution >= 0.6 is 0 Å². The zero-order valence-electron chi connectivity index (χ0n) is 9.35. The minimum Gasteiger partial charge on any atom is -0.317 e. The van der Waals surface area contributed by atoms with Gasteiger partial charge in [-0.3, -0.25) is 5.26 Å². The number of halogens is 2. The SMILES string of the molecule is OOCCCCNCCC1CC(F)(F)CN1. The normalized spacial score (nSPS) is 23.8. The van der Waals surface area contributed by atoms with Crippen molar-refractivity contribution >= 4 is 0 Å². The lowest BCUT2D eigenvalue weighted by Gasteiger charge is -2.10. The van der Waals surface area contributed by atoms with Crippen LogP contribution in [0.15, 0.2) is 0 Å². The molecule has 0 amide bonds. The van der Waals surface area contributed by atoms with Crippen molar-refractivity contribution < 1.29 is 18.9 Å². The highest BCUT2D eigenvalue weighted by atomic mass is 19.3. The Morgan fingerprint density at radius 1 is 1.38 bits per heavy atom. The van der Waals surface area contributed by atoms with Crippen LogP contribution in [0.3, 0.4) is 0 Å². The van der Waals surface area contributed by atoms with Gasteiger partial charge >= 0.3 is 0 Å². The van der Waals surface area contributed by atoms with E-state index >= 15 is 0 Å². The number of rotatable bonds is 8. The molecular formula is C10H20F2N2O2. The lowest BCUT2D eigenvalue weighted by Crippen LogP contribution is -2.27. The molecule has 6 heteroatoms. The molecule has 0 aliphatic carbocycles. The van der Waals surface area contributed by atoms with E-state index in [9.17, 15) is 8.78 Å². The van der Waals surface area contributed by atoms with Gasteiger partial charge in [-0.1, -0.05) is 0 Å². The minimum absolute atomic E-state index is 0.0486. The predicted molar refractivity (Wildman–Crippen MR) is 56.7 cm³/mol. The quantitative estimate of drug-likeness (QED) is 0.338. The second-order valence-corrected chi connectivity index (χ2v) is 4.22. The highest BCUT2D eigenvalue weighted by Crippen LogP contribution is 2.26. The van der Waals surface area contributed by atoms with E-state index in [2.05, 4.69) is 15.5 Å². The second-order valence-electron chi connectivity index (χ2n) is 4.22. The summed E-state index contributed by atoms with van der Waals surface area (Å²) in [6.45, 7) is 1.73. The fourth-order valence-electron chi connectivity index (χ4n) is 1.82. The van der Waals surface area contributed by atoms with E-state index in [0.717, 1.165) is 32.4 Å². The molecule has 1 aliphatic rings. The van der Waals surface area contributed by atoms with Crippen molar-refractivity contribution in [3.05, 3.63) is 0 Å². The third-order valence-corrected chi connectivity index (χ3v) is 2.70. The molecule has 96 valence electrons. The van der Waals surface area contributed by atoms with Gasteiger partial charge in [-0.2, -0.15) is 0 Å². The molecule has 1 unspecified atom stereocenters. The monoisotopic (exact) mass is 238 g/mol. The predicted octanol–water partition coefficient (Wildman–Crippen LogP) is 1.23. The molecule has 1 rings (SSSR count). The van der Waals surface area contributed by atoms with Gasteiger partial charge in [0.1, 0.15) is 0 Å². The maximum absolute atomic E-state index is 12.8. The van der Waals surface area contributed by atoms with Crippen LogP contribution in [0, 0.1) is 0 Å². The van der Waals surface area contributed by atoms with Crippen LogP contribution in [0.1, 0.15) is 25.7 Å². The van der Waals surface area contributed by atoms with E-state index in [-0.39, 0.29) is 19.0 Å². The molecule has 0 radical (unpaired) electrons. The summed E-state index contributed by atoms with van der Waals surface area (Å²) in [4.78, 5) is 3.93. The first-order chi connectivity index (χ1) is 7.64. The van der Waals surface area contributed by atoms with Gasteiger partial charge in [-0.05, 0) is 32.4 Å². The van der Waals surface area contributed by atoms with Gasteiger partial charge < -0.3 is 10.6 Å². The Hall–Kier alpha value is -0.300. The van der Waals surface area contributed by atoms with Gasteiger partial charge in [-0.15, -0.1) is 0 Å². The van der Waals surface area contributed by atoms with E-state index in [1.165, 1.54) is 0 Å². The molecule has 0 aromatic heterocycles. The van der Waals surface area contributed by atoms with Gasteiger partial charge in [0.25, 0.3) is 5.92 Å². The van der Waals surface area contributed by atoms with Crippen LogP contribution in [0.2, 0.25) is 0 Å². The van der Waals surface area contributed by atoms with E-state index in [4.69, 9.17) is 5.26 Å². The molecule has 0 bridgehead atoms. The summed E-state index contributed by atoms with van der Waals surface area (Å²) in [6, 6.07) is -0.0664. The molecule has 1 atom stereocenters. The van der Waals surface area contributed by atoms with Gasteiger partial charge in [0.15, 0.2) is 0 Å². The summed E-state index contributed by atoms with van der Waals surface area (Å²) >= 11 is 0. The second kappa shape index (κ2) is 7.11. The van der Waals surface area contributed by atoms with Crippen LogP contribution in [0.5, 0.6) is 0 Å². The van der Waals surface area contributed by atoms with Crippen molar-refractivity contribution in [3.63, 3.8) is 0 Å². The van der Waals surface area contributed by atoms with Crippen LogP contribution < -0.4 is 10.6 Å². The van der Waals surface area contributed by atoms with Crippen molar-refractivity contribution in [2.75, 3.05) is 26.2 Å². The van der Waals surface area contributed by atoms with Crippen molar-refractivity contribution in [3.8, 4) is 0 Å². The topological polar surface area (TPSA) is 53.5 Å². The zero-order valence-corrected chi connectivity index (χ0v) is 9.35. The highest BCUT2D eigenvalue weighted by molar-refractivity contribution is 4.87. The van der Waals surface area contributed by atoms with Gasteiger partial charge in [0, 0.05) is 12.5 Å². The molecular weight excluding hydrogens is 218 g/mol. The highest BCUT2D eigenvalue weighted by Gasteiger charge is 2.38. The number of hydrogen-bond donors (Lipinski definition) is 3. The van der Waals surface area contributed by atoms with E-state index in [1.807, 2.05) is 0 Å². The smallest absolute Gasteiger partial charge is 0.261 e. The van der Waals surface area contributed by atoms with Crippen molar-refractivity contribution in [2.45, 2.75) is 37.6 Å². The first kappa shape index (κ1) is 13.8. The lowest BCUT2D eigenvalue weighted by molar-refractivity contribution is -0.242. The zero-order chi connectivity index (χ0) is 11.9. The number of unbranched alkanes of at least 4 members (excludes halogenated alkanes) is 1. The third-order valence-electron chi connectivity index (χ3n) is 2.70. The maximum atomic E-state index is 12.8. The first-order valence-electron chi connectivity index (χ1n) is 5.72. The lowest BCUT2D eigenvalue weighted by atomic mass is 10.1. The Labute approximate surface area is 94.3 Å². The molecule has 1 saturated heterocycles. The van der Waals surface area contributed by atoms with Crippen LogP contribution in [-0.2, 0) is 4.89 Å². The first-order valence-corrected chi connectivity index (χ1v) is 5.72. The summed E-state index contributed by atoms with van der Waals surface area (Å²) in [7, 11) is 0. The maximum Gasteiger partial charge on any atom is 0.261 e. The Morgan fingerprint density at radius 2 is 2.19 bits per heavy atom. The number of hydrogen-bond acceptors (Lipinski definition) is 4. The molecule has 1 aliphatic heterocycles. The van der Waals surface area contributed by atoms with Crippen LogP contribution in [-0.4, -0.2) is 43.5 Å². The Balaban J connectivity index is 1.88. The average molecular weight is 238 g/mol. The molecule has 3 N–H and O–H groups in total. The molecule has 4 nitrogen and oxygen atoms in total. The molecule has 1 heterocycles.